The van der Waals surface area contributed by atoms with Crippen LogP contribution in [-0.4, -0.2) is 29.1 Å². The normalized spacial score (nSPS) is 9.85. The largest absolute Gasteiger partial charge is 0.351 e. The number of hydrogen-bond acceptors (Lipinski definition) is 3. The number of carbonyl (C=O) groups is 1. The van der Waals surface area contributed by atoms with Crippen molar-refractivity contribution in [2.75, 3.05) is 13.6 Å². The van der Waals surface area contributed by atoms with Gasteiger partial charge in [0.15, 0.2) is 0 Å². The van der Waals surface area contributed by atoms with Crippen molar-refractivity contribution < 1.29 is 4.79 Å². The minimum Gasteiger partial charge on any atom is -0.351 e. The summed E-state index contributed by atoms with van der Waals surface area (Å²) in [5.74, 6) is -0.0000612. The van der Waals surface area contributed by atoms with Gasteiger partial charge < -0.3 is 15.2 Å². The van der Waals surface area contributed by atoms with E-state index in [1.165, 1.54) is 5.56 Å². The second-order valence-electron chi connectivity index (χ2n) is 4.31. The van der Waals surface area contributed by atoms with Crippen LogP contribution in [0.4, 0.5) is 0 Å². The number of amides is 1. The Balaban J connectivity index is 0.00000200. The summed E-state index contributed by atoms with van der Waals surface area (Å²) in [6.07, 6.45) is 5.48. The van der Waals surface area contributed by atoms with Crippen LogP contribution >= 0.6 is 12.4 Å². The smallest absolute Gasteiger partial charge is 0.234 e. The molecular weight excluding hydrogens is 276 g/mol. The van der Waals surface area contributed by atoms with Gasteiger partial charge in [0, 0.05) is 25.5 Å². The fourth-order valence-electron chi connectivity index (χ4n) is 1.88. The van der Waals surface area contributed by atoms with Crippen molar-refractivity contribution in [1.82, 2.24) is 20.2 Å². The van der Waals surface area contributed by atoms with Gasteiger partial charge in [-0.2, -0.15) is 0 Å². The highest BCUT2D eigenvalue weighted by atomic mass is 35.5. The van der Waals surface area contributed by atoms with Crippen molar-refractivity contribution in [3.63, 3.8) is 0 Å². The van der Waals surface area contributed by atoms with Crippen molar-refractivity contribution in [2.45, 2.75) is 13.1 Å². The Labute approximate surface area is 124 Å². The Morgan fingerprint density at radius 3 is 2.70 bits per heavy atom. The molecule has 20 heavy (non-hydrogen) atoms. The average molecular weight is 295 g/mol. The molecule has 0 bridgehead atoms. The quantitative estimate of drug-likeness (QED) is 0.841. The fourth-order valence-corrected chi connectivity index (χ4v) is 1.88. The van der Waals surface area contributed by atoms with E-state index in [1.54, 1.807) is 19.6 Å². The van der Waals surface area contributed by atoms with Gasteiger partial charge >= 0.3 is 0 Å². The zero-order chi connectivity index (χ0) is 13.5. The molecule has 0 unspecified atom stereocenters. The Morgan fingerprint density at radius 1 is 1.30 bits per heavy atom. The summed E-state index contributed by atoms with van der Waals surface area (Å²) < 4.78 is 2.01. The Morgan fingerprint density at radius 2 is 2.05 bits per heavy atom. The van der Waals surface area contributed by atoms with E-state index in [4.69, 9.17) is 0 Å². The van der Waals surface area contributed by atoms with Crippen molar-refractivity contribution in [1.29, 1.82) is 0 Å². The molecule has 0 atom stereocenters. The molecule has 0 saturated carbocycles. The molecule has 6 heteroatoms. The van der Waals surface area contributed by atoms with Crippen molar-refractivity contribution >= 4 is 18.3 Å². The lowest BCUT2D eigenvalue weighted by Crippen LogP contribution is -2.31. The van der Waals surface area contributed by atoms with E-state index >= 15 is 0 Å². The molecule has 1 heterocycles. The molecule has 1 aromatic heterocycles. The van der Waals surface area contributed by atoms with Gasteiger partial charge in [0.25, 0.3) is 0 Å². The summed E-state index contributed by atoms with van der Waals surface area (Å²) >= 11 is 0. The van der Waals surface area contributed by atoms with Gasteiger partial charge in [-0.15, -0.1) is 12.4 Å². The van der Waals surface area contributed by atoms with Crippen LogP contribution in [0.5, 0.6) is 0 Å². The number of halogens is 1. The number of likely N-dealkylation sites (N-methyl/N-ethyl adjacent to an activating group) is 1. The number of rotatable bonds is 6. The van der Waals surface area contributed by atoms with Crippen LogP contribution in [0.1, 0.15) is 11.1 Å². The Hall–Kier alpha value is -1.85. The molecule has 2 aromatic rings. The first-order valence-electron chi connectivity index (χ1n) is 6.23. The molecule has 0 fully saturated rings. The van der Waals surface area contributed by atoms with E-state index in [-0.39, 0.29) is 18.3 Å². The van der Waals surface area contributed by atoms with Gasteiger partial charge in [-0.25, -0.2) is 4.98 Å². The molecule has 108 valence electrons. The van der Waals surface area contributed by atoms with Crippen LogP contribution in [0, 0.1) is 0 Å². The highest BCUT2D eigenvalue weighted by Crippen LogP contribution is 2.10. The van der Waals surface area contributed by atoms with Crippen molar-refractivity contribution in [3.8, 4) is 0 Å². The summed E-state index contributed by atoms with van der Waals surface area (Å²) in [5.41, 5.74) is 2.31. The summed E-state index contributed by atoms with van der Waals surface area (Å²) in [7, 11) is 1.76. The standard InChI is InChI=1S/C14H18N4O.ClH/c1-15-9-14(19)17-8-12-4-2-3-5-13(12)10-18-7-6-16-11-18;/h2-7,11,15H,8-10H2,1H3,(H,17,19);1H. The molecule has 2 N–H and O–H groups in total. The van der Waals surface area contributed by atoms with Gasteiger partial charge in [-0.3, -0.25) is 4.79 Å². The Bertz CT molecular complexity index is 528. The SMILES string of the molecule is CNCC(=O)NCc1ccccc1Cn1ccnc1.Cl. The summed E-state index contributed by atoms with van der Waals surface area (Å²) in [6.45, 7) is 1.65. The van der Waals surface area contributed by atoms with Gasteiger partial charge in [0.05, 0.1) is 12.9 Å². The lowest BCUT2D eigenvalue weighted by Gasteiger charge is -2.11. The van der Waals surface area contributed by atoms with Crippen LogP contribution in [-0.2, 0) is 17.9 Å². The highest BCUT2D eigenvalue weighted by molar-refractivity contribution is 5.85. The third-order valence-electron chi connectivity index (χ3n) is 2.84. The summed E-state index contributed by atoms with van der Waals surface area (Å²) in [6, 6.07) is 8.09. The zero-order valence-electron chi connectivity index (χ0n) is 11.4. The molecule has 1 aromatic carbocycles. The molecule has 0 saturated heterocycles. The molecule has 1 amide bonds. The highest BCUT2D eigenvalue weighted by Gasteiger charge is 2.04. The maximum Gasteiger partial charge on any atom is 0.234 e. The maximum atomic E-state index is 11.5. The molecule has 2 rings (SSSR count). The molecule has 0 aliphatic rings. The first-order chi connectivity index (χ1) is 9.29. The Kier molecular flexibility index (Phi) is 6.76. The first-order valence-corrected chi connectivity index (χ1v) is 6.23. The third kappa shape index (κ3) is 4.68. The van der Waals surface area contributed by atoms with E-state index in [0.717, 1.165) is 12.1 Å². The number of benzene rings is 1. The second-order valence-corrected chi connectivity index (χ2v) is 4.31. The lowest BCUT2D eigenvalue weighted by atomic mass is 10.1. The van der Waals surface area contributed by atoms with Gasteiger partial charge in [0.2, 0.25) is 5.91 Å². The third-order valence-corrected chi connectivity index (χ3v) is 2.84. The van der Waals surface area contributed by atoms with Gasteiger partial charge in [0.1, 0.15) is 0 Å². The van der Waals surface area contributed by atoms with Crippen LogP contribution in [0.2, 0.25) is 0 Å². The van der Waals surface area contributed by atoms with E-state index < -0.39 is 0 Å². The minimum absolute atomic E-state index is 0. The number of carbonyl (C=O) groups excluding carboxylic acids is 1. The number of hydrogen-bond donors (Lipinski definition) is 2. The molecular formula is C14H19ClN4O. The van der Waals surface area contributed by atoms with Crippen LogP contribution in [0.25, 0.3) is 0 Å². The van der Waals surface area contributed by atoms with E-state index in [1.807, 2.05) is 29.0 Å². The molecule has 0 aliphatic heterocycles. The number of imidazole rings is 1. The second kappa shape index (κ2) is 8.35. The van der Waals surface area contributed by atoms with Gasteiger partial charge in [-0.05, 0) is 18.2 Å². The summed E-state index contributed by atoms with van der Waals surface area (Å²) in [4.78, 5) is 15.5. The van der Waals surface area contributed by atoms with Crippen LogP contribution < -0.4 is 10.6 Å². The molecule has 0 aliphatic carbocycles. The number of aromatic nitrogens is 2. The lowest BCUT2D eigenvalue weighted by molar-refractivity contribution is -0.120. The van der Waals surface area contributed by atoms with E-state index in [2.05, 4.69) is 21.7 Å². The molecule has 5 nitrogen and oxygen atoms in total. The number of nitrogens with zero attached hydrogens (tertiary/aromatic N) is 2. The molecule has 0 radical (unpaired) electrons. The molecule has 0 spiro atoms. The maximum absolute atomic E-state index is 11.5. The van der Waals surface area contributed by atoms with Crippen LogP contribution in [0.3, 0.4) is 0 Å². The monoisotopic (exact) mass is 294 g/mol. The minimum atomic E-state index is -0.0000612. The van der Waals surface area contributed by atoms with E-state index in [9.17, 15) is 4.79 Å². The van der Waals surface area contributed by atoms with Crippen LogP contribution in [0.15, 0.2) is 43.0 Å². The predicted molar refractivity (Wildman–Crippen MR) is 80.8 cm³/mol. The van der Waals surface area contributed by atoms with Crippen molar-refractivity contribution in [3.05, 3.63) is 54.1 Å². The summed E-state index contributed by atoms with van der Waals surface area (Å²) in [5, 5.41) is 5.72. The zero-order valence-corrected chi connectivity index (χ0v) is 12.2. The average Bonchev–Trinajstić information content (AvgIpc) is 2.91. The first kappa shape index (κ1) is 16.2. The van der Waals surface area contributed by atoms with Gasteiger partial charge in [-0.1, -0.05) is 24.3 Å². The fraction of sp³-hybridized carbons (Fsp3) is 0.286. The number of nitrogens with one attached hydrogen (secondary N) is 2. The predicted octanol–water partition coefficient (Wildman–Crippen LogP) is 1.19. The topological polar surface area (TPSA) is 59.0 Å². The van der Waals surface area contributed by atoms with E-state index in [0.29, 0.717) is 13.1 Å². The van der Waals surface area contributed by atoms with Crippen molar-refractivity contribution in [2.24, 2.45) is 0 Å².